The van der Waals surface area contributed by atoms with Crippen molar-refractivity contribution in [1.82, 2.24) is 24.3 Å². The minimum absolute atomic E-state index is 0.0348. The van der Waals surface area contributed by atoms with Crippen molar-refractivity contribution in [2.45, 2.75) is 19.4 Å². The molecule has 3 aromatic heterocycles. The second-order valence-electron chi connectivity index (χ2n) is 7.74. The number of rotatable bonds is 4. The molecule has 4 aromatic rings. The van der Waals surface area contributed by atoms with Crippen molar-refractivity contribution in [3.63, 3.8) is 0 Å². The number of aromatic nitrogens is 5. The lowest BCUT2D eigenvalue weighted by molar-refractivity contribution is -0.119. The maximum atomic E-state index is 13.0. The average Bonchev–Trinajstić information content (AvgIpc) is 3.41. The maximum absolute atomic E-state index is 13.0. The Kier molecular flexibility index (Phi) is 4.43. The topological polar surface area (TPSA) is 115 Å². The van der Waals surface area contributed by atoms with E-state index in [2.05, 4.69) is 10.1 Å². The zero-order chi connectivity index (χ0) is 22.6. The Labute approximate surface area is 183 Å². The van der Waals surface area contributed by atoms with Crippen LogP contribution in [0.2, 0.25) is 0 Å². The number of benzene rings is 1. The van der Waals surface area contributed by atoms with E-state index in [1.165, 1.54) is 0 Å². The van der Waals surface area contributed by atoms with Gasteiger partial charge in [0.1, 0.15) is 11.7 Å². The van der Waals surface area contributed by atoms with Gasteiger partial charge in [0.05, 0.1) is 11.7 Å². The number of likely N-dealkylation sites (N-methyl/N-ethyl adjacent to an activating group) is 1. The van der Waals surface area contributed by atoms with Gasteiger partial charge in [-0.25, -0.2) is 4.98 Å². The van der Waals surface area contributed by atoms with Gasteiger partial charge in [-0.05, 0) is 30.7 Å². The molecule has 4 heterocycles. The molecule has 0 radical (unpaired) electrons. The highest BCUT2D eigenvalue weighted by Gasteiger charge is 2.39. The van der Waals surface area contributed by atoms with Gasteiger partial charge in [0, 0.05) is 43.5 Å². The highest BCUT2D eigenvalue weighted by molar-refractivity contribution is 6.06. The third-order valence-corrected chi connectivity index (χ3v) is 5.78. The van der Waals surface area contributed by atoms with E-state index in [9.17, 15) is 9.59 Å². The lowest BCUT2D eigenvalue weighted by Gasteiger charge is -2.39. The number of nitrogens with zero attached hydrogens (tertiary/aromatic N) is 7. The number of carbonyl (C=O) groups excluding carboxylic acids is 2. The minimum Gasteiger partial charge on any atom is -0.366 e. The van der Waals surface area contributed by atoms with Gasteiger partial charge in [-0.2, -0.15) is 10.1 Å². The van der Waals surface area contributed by atoms with Crippen molar-refractivity contribution in [1.29, 1.82) is 0 Å². The Morgan fingerprint density at radius 2 is 1.97 bits per heavy atom. The van der Waals surface area contributed by atoms with Crippen LogP contribution in [0.15, 0.2) is 48.9 Å². The number of anilines is 3. The molecule has 2 N–H and O–H groups in total. The number of aryl methyl sites for hydroxylation is 1. The molecule has 1 atom stereocenters. The maximum Gasteiger partial charge on any atom is 0.250 e. The molecule has 162 valence electrons. The molecular formula is C22H22N8O2. The van der Waals surface area contributed by atoms with E-state index in [-0.39, 0.29) is 5.91 Å². The Balaban J connectivity index is 1.68. The Hall–Kier alpha value is -4.21. The molecule has 0 spiro atoms. The lowest BCUT2D eigenvalue weighted by Crippen LogP contribution is -2.50. The second-order valence-corrected chi connectivity index (χ2v) is 7.74. The summed E-state index contributed by atoms with van der Waals surface area (Å²) in [4.78, 5) is 37.4. The summed E-state index contributed by atoms with van der Waals surface area (Å²) in [6.45, 7) is 1.97. The Morgan fingerprint density at radius 1 is 1.16 bits per heavy atom. The van der Waals surface area contributed by atoms with Gasteiger partial charge in [0.2, 0.25) is 17.8 Å². The van der Waals surface area contributed by atoms with Crippen molar-refractivity contribution in [3.8, 4) is 5.95 Å². The number of hydrogen-bond acceptors (Lipinski definition) is 6. The fourth-order valence-corrected chi connectivity index (χ4v) is 4.11. The van der Waals surface area contributed by atoms with E-state index >= 15 is 0 Å². The predicted octanol–water partition coefficient (Wildman–Crippen LogP) is 2.15. The fraction of sp³-hybridized carbons (Fsp3) is 0.227. The van der Waals surface area contributed by atoms with E-state index in [1.54, 1.807) is 35.0 Å². The average molecular weight is 430 g/mol. The first-order valence-corrected chi connectivity index (χ1v) is 10.2. The second kappa shape index (κ2) is 7.19. The van der Waals surface area contributed by atoms with Crippen LogP contribution < -0.4 is 15.5 Å². The SMILES string of the molecule is CCC1C(=O)N(C)c2cnc(-n3ccc4cc(C(N)=O)ccc43)nc2N1c1ccn(C)n1. The first kappa shape index (κ1) is 19.7. The standard InChI is InChI=1S/C22H22N8O2/c1-4-15-21(32)28(3)17-12-24-22(25-20(17)30(15)18-8-9-27(2)26-18)29-10-7-13-11-14(19(23)31)5-6-16(13)29/h5-12,15H,4H2,1-3H3,(H2,23,31). The molecule has 2 amide bonds. The lowest BCUT2D eigenvalue weighted by atomic mass is 10.1. The van der Waals surface area contributed by atoms with Crippen LogP contribution in [0.25, 0.3) is 16.9 Å². The molecule has 1 aliphatic heterocycles. The first-order valence-electron chi connectivity index (χ1n) is 10.2. The van der Waals surface area contributed by atoms with Gasteiger partial charge in [0.15, 0.2) is 11.6 Å². The van der Waals surface area contributed by atoms with Crippen molar-refractivity contribution in [3.05, 3.63) is 54.5 Å². The molecule has 32 heavy (non-hydrogen) atoms. The number of hydrogen-bond donors (Lipinski definition) is 1. The van der Waals surface area contributed by atoms with Gasteiger partial charge in [-0.1, -0.05) is 6.92 Å². The van der Waals surface area contributed by atoms with Crippen LogP contribution in [0.4, 0.5) is 17.3 Å². The summed E-state index contributed by atoms with van der Waals surface area (Å²) in [6.07, 6.45) is 5.93. The summed E-state index contributed by atoms with van der Waals surface area (Å²) in [6, 6.07) is 8.56. The molecule has 10 heteroatoms. The highest BCUT2D eigenvalue weighted by Crippen LogP contribution is 2.39. The Bertz CT molecular complexity index is 1370. The number of amides is 2. The summed E-state index contributed by atoms with van der Waals surface area (Å²) in [5.41, 5.74) is 7.30. The van der Waals surface area contributed by atoms with Gasteiger partial charge < -0.3 is 10.6 Å². The predicted molar refractivity (Wildman–Crippen MR) is 120 cm³/mol. The van der Waals surface area contributed by atoms with Crippen LogP contribution >= 0.6 is 0 Å². The first-order chi connectivity index (χ1) is 15.4. The van der Waals surface area contributed by atoms with E-state index < -0.39 is 11.9 Å². The number of fused-ring (bicyclic) bond motifs is 2. The molecule has 0 saturated heterocycles. The summed E-state index contributed by atoms with van der Waals surface area (Å²) in [5, 5.41) is 5.37. The molecule has 5 rings (SSSR count). The third kappa shape index (κ3) is 2.91. The number of nitrogens with two attached hydrogens (primary N) is 1. The van der Waals surface area contributed by atoms with Crippen molar-refractivity contribution >= 4 is 40.0 Å². The van der Waals surface area contributed by atoms with Crippen molar-refractivity contribution in [2.75, 3.05) is 16.8 Å². The van der Waals surface area contributed by atoms with Crippen LogP contribution in [0.1, 0.15) is 23.7 Å². The van der Waals surface area contributed by atoms with Crippen molar-refractivity contribution in [2.24, 2.45) is 12.8 Å². The van der Waals surface area contributed by atoms with Gasteiger partial charge >= 0.3 is 0 Å². The number of primary amides is 1. The molecule has 1 aromatic carbocycles. The molecule has 10 nitrogen and oxygen atoms in total. The zero-order valence-corrected chi connectivity index (χ0v) is 17.9. The van der Waals surface area contributed by atoms with E-state index in [0.29, 0.717) is 35.3 Å². The molecule has 1 unspecified atom stereocenters. The van der Waals surface area contributed by atoms with Crippen LogP contribution in [-0.4, -0.2) is 49.2 Å². The van der Waals surface area contributed by atoms with E-state index in [0.717, 1.165) is 10.9 Å². The van der Waals surface area contributed by atoms with Gasteiger partial charge in [-0.3, -0.25) is 23.7 Å². The van der Waals surface area contributed by atoms with Crippen LogP contribution in [-0.2, 0) is 11.8 Å². The quantitative estimate of drug-likeness (QED) is 0.530. The largest absolute Gasteiger partial charge is 0.366 e. The summed E-state index contributed by atoms with van der Waals surface area (Å²) in [7, 11) is 3.57. The molecule has 0 saturated carbocycles. The van der Waals surface area contributed by atoms with Crippen LogP contribution in [0.3, 0.4) is 0 Å². The highest BCUT2D eigenvalue weighted by atomic mass is 16.2. The van der Waals surface area contributed by atoms with E-state index in [4.69, 9.17) is 10.7 Å². The summed E-state index contributed by atoms with van der Waals surface area (Å²) >= 11 is 0. The van der Waals surface area contributed by atoms with Crippen molar-refractivity contribution < 1.29 is 9.59 Å². The normalized spacial score (nSPS) is 16.0. The van der Waals surface area contributed by atoms with Crippen LogP contribution in [0, 0.1) is 0 Å². The summed E-state index contributed by atoms with van der Waals surface area (Å²) in [5.74, 6) is 1.19. The molecule has 0 bridgehead atoms. The third-order valence-electron chi connectivity index (χ3n) is 5.78. The molecule has 0 fully saturated rings. The van der Waals surface area contributed by atoms with Gasteiger partial charge in [0.25, 0.3) is 0 Å². The monoisotopic (exact) mass is 430 g/mol. The number of carbonyl (C=O) groups is 2. The smallest absolute Gasteiger partial charge is 0.250 e. The molecule has 1 aliphatic rings. The van der Waals surface area contributed by atoms with Gasteiger partial charge in [-0.15, -0.1) is 0 Å². The summed E-state index contributed by atoms with van der Waals surface area (Å²) < 4.78 is 3.54. The minimum atomic E-state index is -0.478. The molecular weight excluding hydrogens is 408 g/mol. The molecule has 0 aliphatic carbocycles. The zero-order valence-electron chi connectivity index (χ0n) is 17.9. The van der Waals surface area contributed by atoms with Crippen LogP contribution in [0.5, 0.6) is 0 Å². The van der Waals surface area contributed by atoms with E-state index in [1.807, 2.05) is 54.0 Å². The Morgan fingerprint density at radius 3 is 2.66 bits per heavy atom. The fourth-order valence-electron chi connectivity index (χ4n) is 4.11.